The van der Waals surface area contributed by atoms with Crippen molar-refractivity contribution in [2.75, 3.05) is 13.6 Å². The van der Waals surface area contributed by atoms with E-state index in [1.807, 2.05) is 11.9 Å². The van der Waals surface area contributed by atoms with Gasteiger partial charge in [0.1, 0.15) is 0 Å². The van der Waals surface area contributed by atoms with E-state index < -0.39 is 0 Å². The minimum atomic E-state index is 0.225. The molecule has 1 N–H and O–H groups in total. The van der Waals surface area contributed by atoms with Crippen molar-refractivity contribution in [3.63, 3.8) is 0 Å². The summed E-state index contributed by atoms with van der Waals surface area (Å²) in [5.74, 6) is 0.225. The molecule has 1 aliphatic carbocycles. The van der Waals surface area contributed by atoms with Gasteiger partial charge in [-0.3, -0.25) is 4.79 Å². The van der Waals surface area contributed by atoms with E-state index in [0.29, 0.717) is 18.6 Å². The van der Waals surface area contributed by atoms with E-state index in [4.69, 9.17) is 0 Å². The van der Waals surface area contributed by atoms with Gasteiger partial charge in [-0.15, -0.1) is 0 Å². The maximum absolute atomic E-state index is 11.5. The summed E-state index contributed by atoms with van der Waals surface area (Å²) in [6.45, 7) is 4.71. The van der Waals surface area contributed by atoms with Crippen LogP contribution in [0, 0.1) is 0 Å². The highest BCUT2D eigenvalue weighted by Crippen LogP contribution is 2.25. The Labute approximate surface area is 80.5 Å². The Bertz CT molecular complexity index is 178. The van der Waals surface area contributed by atoms with Crippen LogP contribution in [0.5, 0.6) is 0 Å². The Morgan fingerprint density at radius 3 is 2.69 bits per heavy atom. The second kappa shape index (κ2) is 4.61. The van der Waals surface area contributed by atoms with Crippen LogP contribution in [0.1, 0.15) is 33.1 Å². The van der Waals surface area contributed by atoms with Crippen molar-refractivity contribution in [2.45, 2.75) is 45.2 Å². The molecule has 1 fully saturated rings. The molecule has 0 aromatic heterocycles. The molecular weight excluding hydrogens is 164 g/mol. The van der Waals surface area contributed by atoms with Crippen LogP contribution < -0.4 is 5.32 Å². The highest BCUT2D eigenvalue weighted by molar-refractivity contribution is 5.78. The second-order valence-electron chi connectivity index (χ2n) is 3.93. The molecule has 0 saturated heterocycles. The number of nitrogens with zero attached hydrogens (tertiary/aromatic N) is 1. The van der Waals surface area contributed by atoms with Gasteiger partial charge < -0.3 is 10.2 Å². The fraction of sp³-hybridized carbons (Fsp3) is 0.900. The quantitative estimate of drug-likeness (QED) is 0.691. The van der Waals surface area contributed by atoms with Crippen LogP contribution in [0.4, 0.5) is 0 Å². The van der Waals surface area contributed by atoms with E-state index in [2.05, 4.69) is 19.2 Å². The summed E-state index contributed by atoms with van der Waals surface area (Å²) in [6.07, 6.45) is 3.44. The standard InChI is InChI=1S/C10H20N2O/c1-4-8(2)11-7-10(13)12(3)9-5-6-9/h8-9,11H,4-7H2,1-3H3. The summed E-state index contributed by atoms with van der Waals surface area (Å²) in [5.41, 5.74) is 0. The average molecular weight is 184 g/mol. The van der Waals surface area contributed by atoms with Crippen LogP contribution in [-0.2, 0) is 4.79 Å². The molecule has 1 unspecified atom stereocenters. The molecule has 3 heteroatoms. The molecule has 1 amide bonds. The SMILES string of the molecule is CCC(C)NCC(=O)N(C)C1CC1. The highest BCUT2D eigenvalue weighted by Gasteiger charge is 2.29. The van der Waals surface area contributed by atoms with Gasteiger partial charge in [0, 0.05) is 19.1 Å². The third kappa shape index (κ3) is 3.35. The molecule has 3 nitrogen and oxygen atoms in total. The second-order valence-corrected chi connectivity index (χ2v) is 3.93. The van der Waals surface area contributed by atoms with Gasteiger partial charge >= 0.3 is 0 Å². The van der Waals surface area contributed by atoms with Gasteiger partial charge in [-0.1, -0.05) is 6.92 Å². The Morgan fingerprint density at radius 1 is 1.62 bits per heavy atom. The van der Waals surface area contributed by atoms with E-state index in [1.54, 1.807) is 0 Å². The number of carbonyl (C=O) groups is 1. The Balaban J connectivity index is 2.16. The van der Waals surface area contributed by atoms with Gasteiger partial charge in [-0.05, 0) is 26.2 Å². The molecular formula is C10H20N2O. The maximum atomic E-state index is 11.5. The van der Waals surface area contributed by atoms with Gasteiger partial charge in [0.05, 0.1) is 6.54 Å². The number of hydrogen-bond donors (Lipinski definition) is 1. The smallest absolute Gasteiger partial charge is 0.236 e. The first-order chi connectivity index (χ1) is 6.15. The number of carbonyl (C=O) groups excluding carboxylic acids is 1. The molecule has 13 heavy (non-hydrogen) atoms. The first-order valence-electron chi connectivity index (χ1n) is 5.14. The highest BCUT2D eigenvalue weighted by atomic mass is 16.2. The monoisotopic (exact) mass is 184 g/mol. The van der Waals surface area contributed by atoms with Gasteiger partial charge in [0.15, 0.2) is 0 Å². The fourth-order valence-electron chi connectivity index (χ4n) is 1.20. The van der Waals surface area contributed by atoms with Crippen molar-refractivity contribution in [3.8, 4) is 0 Å². The summed E-state index contributed by atoms with van der Waals surface area (Å²) >= 11 is 0. The molecule has 0 radical (unpaired) electrons. The minimum Gasteiger partial charge on any atom is -0.342 e. The van der Waals surface area contributed by atoms with Gasteiger partial charge in [0.25, 0.3) is 0 Å². The minimum absolute atomic E-state index is 0.225. The lowest BCUT2D eigenvalue weighted by Crippen LogP contribution is -2.39. The molecule has 0 aromatic rings. The lowest BCUT2D eigenvalue weighted by molar-refractivity contribution is -0.129. The Kier molecular flexibility index (Phi) is 3.72. The normalized spacial score (nSPS) is 18.4. The van der Waals surface area contributed by atoms with Crippen LogP contribution in [0.2, 0.25) is 0 Å². The van der Waals surface area contributed by atoms with Crippen molar-refractivity contribution in [1.29, 1.82) is 0 Å². The zero-order chi connectivity index (χ0) is 9.84. The van der Waals surface area contributed by atoms with Crippen molar-refractivity contribution >= 4 is 5.91 Å². The molecule has 1 atom stereocenters. The van der Waals surface area contributed by atoms with Crippen LogP contribution in [0.15, 0.2) is 0 Å². The van der Waals surface area contributed by atoms with Crippen molar-refractivity contribution in [2.24, 2.45) is 0 Å². The fourth-order valence-corrected chi connectivity index (χ4v) is 1.20. The molecule has 0 heterocycles. The summed E-state index contributed by atoms with van der Waals surface area (Å²) in [7, 11) is 1.90. The third-order valence-electron chi connectivity index (χ3n) is 2.70. The number of rotatable bonds is 5. The predicted molar refractivity (Wildman–Crippen MR) is 53.5 cm³/mol. The van der Waals surface area contributed by atoms with E-state index in [0.717, 1.165) is 6.42 Å². The first-order valence-corrected chi connectivity index (χ1v) is 5.14. The molecule has 1 rings (SSSR count). The number of amides is 1. The van der Waals surface area contributed by atoms with Crippen LogP contribution in [-0.4, -0.2) is 36.5 Å². The van der Waals surface area contributed by atoms with Gasteiger partial charge in [0.2, 0.25) is 5.91 Å². The largest absolute Gasteiger partial charge is 0.342 e. The molecule has 1 saturated carbocycles. The van der Waals surface area contributed by atoms with Gasteiger partial charge in [-0.25, -0.2) is 0 Å². The Morgan fingerprint density at radius 2 is 2.23 bits per heavy atom. The van der Waals surface area contributed by atoms with Crippen molar-refractivity contribution in [3.05, 3.63) is 0 Å². The lowest BCUT2D eigenvalue weighted by atomic mass is 10.2. The van der Waals surface area contributed by atoms with Crippen molar-refractivity contribution < 1.29 is 4.79 Å². The first kappa shape index (κ1) is 10.5. The average Bonchev–Trinajstić information content (AvgIpc) is 2.95. The summed E-state index contributed by atoms with van der Waals surface area (Å²) in [5, 5.41) is 3.20. The van der Waals surface area contributed by atoms with Crippen LogP contribution >= 0.6 is 0 Å². The molecule has 76 valence electrons. The van der Waals surface area contributed by atoms with Crippen LogP contribution in [0.3, 0.4) is 0 Å². The topological polar surface area (TPSA) is 32.3 Å². The third-order valence-corrected chi connectivity index (χ3v) is 2.70. The van der Waals surface area contributed by atoms with Crippen molar-refractivity contribution in [1.82, 2.24) is 10.2 Å². The van der Waals surface area contributed by atoms with E-state index in [9.17, 15) is 4.79 Å². The van der Waals surface area contributed by atoms with Crippen LogP contribution in [0.25, 0.3) is 0 Å². The van der Waals surface area contributed by atoms with Gasteiger partial charge in [-0.2, -0.15) is 0 Å². The molecule has 0 aromatic carbocycles. The Hall–Kier alpha value is -0.570. The zero-order valence-electron chi connectivity index (χ0n) is 8.84. The molecule has 0 spiro atoms. The number of hydrogen-bond acceptors (Lipinski definition) is 2. The van der Waals surface area contributed by atoms with E-state index >= 15 is 0 Å². The number of likely N-dealkylation sites (N-methyl/N-ethyl adjacent to an activating group) is 1. The maximum Gasteiger partial charge on any atom is 0.236 e. The molecule has 0 bridgehead atoms. The summed E-state index contributed by atoms with van der Waals surface area (Å²) < 4.78 is 0. The van der Waals surface area contributed by atoms with E-state index in [-0.39, 0.29) is 5.91 Å². The summed E-state index contributed by atoms with van der Waals surface area (Å²) in [4.78, 5) is 13.4. The zero-order valence-corrected chi connectivity index (χ0v) is 8.84. The molecule has 0 aliphatic heterocycles. The van der Waals surface area contributed by atoms with E-state index in [1.165, 1.54) is 12.8 Å². The number of nitrogens with one attached hydrogen (secondary N) is 1. The lowest BCUT2D eigenvalue weighted by Gasteiger charge is -2.18. The summed E-state index contributed by atoms with van der Waals surface area (Å²) in [6, 6.07) is 0.975. The predicted octanol–water partition coefficient (Wildman–Crippen LogP) is 0.995. The molecule has 1 aliphatic rings.